The number of hydrogen-bond acceptors (Lipinski definition) is 4. The number of nitrogen functional groups attached to an aromatic ring is 1. The van der Waals surface area contributed by atoms with Gasteiger partial charge in [0.05, 0.1) is 5.56 Å². The van der Waals surface area contributed by atoms with Crippen LogP contribution in [-0.4, -0.2) is 41.7 Å². The van der Waals surface area contributed by atoms with Crippen LogP contribution < -0.4 is 11.1 Å². The highest BCUT2D eigenvalue weighted by Gasteiger charge is 2.23. The number of nitrogens with two attached hydrogens (primary N) is 1. The van der Waals surface area contributed by atoms with Gasteiger partial charge in [0, 0.05) is 24.0 Å². The molecule has 1 aliphatic heterocycles. The second kappa shape index (κ2) is 5.93. The van der Waals surface area contributed by atoms with Crippen LogP contribution in [0.2, 0.25) is 0 Å². The summed E-state index contributed by atoms with van der Waals surface area (Å²) in [4.78, 5) is 13.6. The Hall–Kier alpha value is -1.75. The molecular weight excluding hydrogens is 242 g/mol. The van der Waals surface area contributed by atoms with Crippen molar-refractivity contribution >= 4 is 17.3 Å². The van der Waals surface area contributed by atoms with Crippen LogP contribution in [0, 0.1) is 0 Å². The van der Waals surface area contributed by atoms with Gasteiger partial charge in [-0.2, -0.15) is 0 Å². The molecule has 0 aliphatic carbocycles. The van der Waals surface area contributed by atoms with Crippen LogP contribution in [0.1, 0.15) is 30.1 Å². The first-order valence-electron chi connectivity index (χ1n) is 6.72. The van der Waals surface area contributed by atoms with E-state index in [1.54, 1.807) is 12.1 Å². The number of nitrogens with one attached hydrogen (secondary N) is 1. The monoisotopic (exact) mass is 263 g/mol. The van der Waals surface area contributed by atoms with E-state index in [0.717, 1.165) is 26.1 Å². The molecule has 5 nitrogen and oxygen atoms in total. The van der Waals surface area contributed by atoms with Crippen molar-refractivity contribution in [1.82, 2.24) is 4.90 Å². The van der Waals surface area contributed by atoms with E-state index in [0.29, 0.717) is 17.4 Å². The molecule has 0 spiro atoms. The Labute approximate surface area is 113 Å². The highest BCUT2D eigenvalue weighted by molar-refractivity contribution is 5.95. The number of hydrogen-bond donors (Lipinski definition) is 3. The molecule has 1 aromatic carbocycles. The first-order valence-corrected chi connectivity index (χ1v) is 6.72. The SMILES string of the molecule is CCN1CCCC1CNc1ccc(N)cc1C(=O)O. The van der Waals surface area contributed by atoms with Crippen LogP contribution >= 0.6 is 0 Å². The van der Waals surface area contributed by atoms with Gasteiger partial charge in [0.2, 0.25) is 0 Å². The van der Waals surface area contributed by atoms with Gasteiger partial charge in [0.1, 0.15) is 0 Å². The molecule has 5 heteroatoms. The number of anilines is 2. The van der Waals surface area contributed by atoms with Crippen molar-refractivity contribution in [3.8, 4) is 0 Å². The molecule has 1 aliphatic rings. The third-order valence-corrected chi connectivity index (χ3v) is 3.71. The Morgan fingerprint density at radius 1 is 1.58 bits per heavy atom. The smallest absolute Gasteiger partial charge is 0.337 e. The second-order valence-corrected chi connectivity index (χ2v) is 4.92. The molecule has 1 aromatic rings. The molecule has 1 fully saturated rings. The summed E-state index contributed by atoms with van der Waals surface area (Å²) < 4.78 is 0. The second-order valence-electron chi connectivity index (χ2n) is 4.92. The van der Waals surface area contributed by atoms with Crippen LogP contribution in [0.15, 0.2) is 18.2 Å². The molecule has 1 atom stereocenters. The number of carboxylic acids is 1. The molecule has 2 rings (SSSR count). The zero-order valence-corrected chi connectivity index (χ0v) is 11.2. The molecule has 0 radical (unpaired) electrons. The van der Waals surface area contributed by atoms with Crippen molar-refractivity contribution in [1.29, 1.82) is 0 Å². The molecule has 19 heavy (non-hydrogen) atoms. The topological polar surface area (TPSA) is 78.6 Å². The summed E-state index contributed by atoms with van der Waals surface area (Å²) in [5, 5.41) is 12.4. The number of rotatable bonds is 5. The zero-order valence-electron chi connectivity index (χ0n) is 11.2. The Balaban J connectivity index is 2.05. The van der Waals surface area contributed by atoms with Gasteiger partial charge in [-0.1, -0.05) is 6.92 Å². The van der Waals surface area contributed by atoms with Gasteiger partial charge in [0.25, 0.3) is 0 Å². The highest BCUT2D eigenvalue weighted by Crippen LogP contribution is 2.21. The van der Waals surface area contributed by atoms with Crippen molar-refractivity contribution in [3.05, 3.63) is 23.8 Å². The summed E-state index contributed by atoms with van der Waals surface area (Å²) in [5.74, 6) is -0.950. The van der Waals surface area contributed by atoms with Gasteiger partial charge in [-0.25, -0.2) is 4.79 Å². The van der Waals surface area contributed by atoms with Gasteiger partial charge in [-0.15, -0.1) is 0 Å². The lowest BCUT2D eigenvalue weighted by atomic mass is 10.1. The van der Waals surface area contributed by atoms with Crippen LogP contribution in [-0.2, 0) is 0 Å². The van der Waals surface area contributed by atoms with E-state index in [2.05, 4.69) is 17.1 Å². The summed E-state index contributed by atoms with van der Waals surface area (Å²) in [6.45, 7) is 5.11. The van der Waals surface area contributed by atoms with E-state index in [1.165, 1.54) is 12.5 Å². The Morgan fingerprint density at radius 3 is 3.05 bits per heavy atom. The van der Waals surface area contributed by atoms with Crippen LogP contribution in [0.3, 0.4) is 0 Å². The fourth-order valence-corrected chi connectivity index (χ4v) is 2.66. The molecule has 1 unspecified atom stereocenters. The first-order chi connectivity index (χ1) is 9.11. The minimum Gasteiger partial charge on any atom is -0.478 e. The maximum Gasteiger partial charge on any atom is 0.337 e. The molecule has 0 aromatic heterocycles. The quantitative estimate of drug-likeness (QED) is 0.707. The van der Waals surface area contributed by atoms with E-state index >= 15 is 0 Å². The number of likely N-dealkylation sites (tertiary alicyclic amines) is 1. The van der Waals surface area contributed by atoms with Crippen molar-refractivity contribution in [3.63, 3.8) is 0 Å². The minimum absolute atomic E-state index is 0.237. The summed E-state index contributed by atoms with van der Waals surface area (Å²) in [6, 6.07) is 5.45. The van der Waals surface area contributed by atoms with E-state index in [1.807, 2.05) is 0 Å². The molecule has 0 bridgehead atoms. The Morgan fingerprint density at radius 2 is 2.37 bits per heavy atom. The van der Waals surface area contributed by atoms with Gasteiger partial charge < -0.3 is 16.2 Å². The average Bonchev–Trinajstić information content (AvgIpc) is 2.84. The van der Waals surface area contributed by atoms with E-state index in [9.17, 15) is 9.90 Å². The lowest BCUT2D eigenvalue weighted by molar-refractivity contribution is 0.0698. The highest BCUT2D eigenvalue weighted by atomic mass is 16.4. The fourth-order valence-electron chi connectivity index (χ4n) is 2.66. The Bertz CT molecular complexity index is 462. The molecule has 0 amide bonds. The minimum atomic E-state index is -0.950. The maximum absolute atomic E-state index is 11.2. The summed E-state index contributed by atoms with van der Waals surface area (Å²) >= 11 is 0. The van der Waals surface area contributed by atoms with E-state index < -0.39 is 5.97 Å². The molecule has 1 saturated heterocycles. The standard InChI is InChI=1S/C14H21N3O2/c1-2-17-7-3-4-11(17)9-16-13-6-5-10(15)8-12(13)14(18)19/h5-6,8,11,16H,2-4,7,9,15H2,1H3,(H,18,19). The number of nitrogens with zero attached hydrogens (tertiary/aromatic N) is 1. The summed E-state index contributed by atoms with van der Waals surface area (Å²) in [7, 11) is 0. The normalized spacial score (nSPS) is 19.5. The third-order valence-electron chi connectivity index (χ3n) is 3.71. The predicted octanol–water partition coefficient (Wildman–Crippen LogP) is 1.86. The Kier molecular flexibility index (Phi) is 4.27. The largest absolute Gasteiger partial charge is 0.478 e. The predicted molar refractivity (Wildman–Crippen MR) is 76.6 cm³/mol. The molecule has 4 N–H and O–H groups in total. The van der Waals surface area contributed by atoms with Crippen molar-refractivity contribution < 1.29 is 9.90 Å². The zero-order chi connectivity index (χ0) is 13.8. The molecule has 1 heterocycles. The lowest BCUT2D eigenvalue weighted by Gasteiger charge is -2.23. The average molecular weight is 263 g/mol. The number of likely N-dealkylation sites (N-methyl/N-ethyl adjacent to an activating group) is 1. The van der Waals surface area contributed by atoms with Gasteiger partial charge in [-0.05, 0) is 44.1 Å². The van der Waals surface area contributed by atoms with Gasteiger partial charge >= 0.3 is 5.97 Å². The van der Waals surface area contributed by atoms with Gasteiger partial charge in [-0.3, -0.25) is 4.90 Å². The number of carbonyl (C=O) groups is 1. The number of carboxylic acid groups (broad SMARTS) is 1. The lowest BCUT2D eigenvalue weighted by Crippen LogP contribution is -2.34. The van der Waals surface area contributed by atoms with Crippen LogP contribution in [0.5, 0.6) is 0 Å². The van der Waals surface area contributed by atoms with Crippen molar-refractivity contribution in [2.24, 2.45) is 0 Å². The maximum atomic E-state index is 11.2. The number of benzene rings is 1. The molecular formula is C14H21N3O2. The molecule has 104 valence electrons. The molecule has 0 saturated carbocycles. The van der Waals surface area contributed by atoms with Gasteiger partial charge in [0.15, 0.2) is 0 Å². The van der Waals surface area contributed by atoms with Crippen LogP contribution in [0.25, 0.3) is 0 Å². The first kappa shape index (κ1) is 13.7. The fraction of sp³-hybridized carbons (Fsp3) is 0.500. The van der Waals surface area contributed by atoms with Crippen LogP contribution in [0.4, 0.5) is 11.4 Å². The number of aromatic carboxylic acids is 1. The van der Waals surface area contributed by atoms with E-state index in [-0.39, 0.29) is 5.56 Å². The summed E-state index contributed by atoms with van der Waals surface area (Å²) in [5.41, 5.74) is 6.98. The van der Waals surface area contributed by atoms with E-state index in [4.69, 9.17) is 5.73 Å². The van der Waals surface area contributed by atoms with Crippen molar-refractivity contribution in [2.45, 2.75) is 25.8 Å². The summed E-state index contributed by atoms with van der Waals surface area (Å²) in [6.07, 6.45) is 2.38. The third kappa shape index (κ3) is 3.17. The van der Waals surface area contributed by atoms with Crippen molar-refractivity contribution in [2.75, 3.05) is 30.7 Å².